The lowest BCUT2D eigenvalue weighted by Crippen LogP contribution is -2.58. The number of hydrogen-bond acceptors (Lipinski definition) is 7. The van der Waals surface area contributed by atoms with Crippen LogP contribution in [0.2, 0.25) is 0 Å². The Morgan fingerprint density at radius 1 is 1.24 bits per heavy atom. The molecule has 0 amide bonds. The summed E-state index contributed by atoms with van der Waals surface area (Å²) in [5.41, 5.74) is 0.833. The molecule has 1 aliphatic heterocycles. The number of hydrogen-bond donors (Lipinski definition) is 0. The zero-order chi connectivity index (χ0) is 17.0. The fourth-order valence-electron chi connectivity index (χ4n) is 3.30. The topological polar surface area (TPSA) is 75.6 Å². The second-order valence-corrected chi connectivity index (χ2v) is 7.13. The maximum atomic E-state index is 5.57. The molecule has 0 bridgehead atoms. The summed E-state index contributed by atoms with van der Waals surface area (Å²) in [7, 11) is 2.11. The third kappa shape index (κ3) is 2.66. The van der Waals surface area contributed by atoms with Crippen molar-refractivity contribution in [3.8, 4) is 0 Å². The summed E-state index contributed by atoms with van der Waals surface area (Å²) in [6.07, 6.45) is 4.17. The average Bonchev–Trinajstić information content (AvgIpc) is 3.18. The SMILES string of the molecule is Cc1cnc(CN(C)C2CN(c3ccc4nnc(C5CC5)n4n3)C2)o1. The van der Waals surface area contributed by atoms with Crippen molar-refractivity contribution in [2.45, 2.75) is 38.3 Å². The average molecular weight is 339 g/mol. The van der Waals surface area contributed by atoms with Crippen LogP contribution >= 0.6 is 0 Å². The first-order chi connectivity index (χ1) is 12.2. The van der Waals surface area contributed by atoms with Gasteiger partial charge in [-0.2, -0.15) is 4.52 Å². The zero-order valence-electron chi connectivity index (χ0n) is 14.5. The molecule has 0 aromatic carbocycles. The van der Waals surface area contributed by atoms with E-state index in [2.05, 4.69) is 32.0 Å². The first-order valence-corrected chi connectivity index (χ1v) is 8.76. The Morgan fingerprint density at radius 2 is 2.08 bits per heavy atom. The van der Waals surface area contributed by atoms with Crippen molar-refractivity contribution in [3.05, 3.63) is 35.8 Å². The molecule has 3 aromatic heterocycles. The van der Waals surface area contributed by atoms with Crippen molar-refractivity contribution < 1.29 is 4.42 Å². The van der Waals surface area contributed by atoms with Crippen LogP contribution in [0, 0.1) is 6.92 Å². The van der Waals surface area contributed by atoms with Crippen molar-refractivity contribution in [1.29, 1.82) is 0 Å². The maximum absolute atomic E-state index is 5.57. The van der Waals surface area contributed by atoms with Gasteiger partial charge in [-0.25, -0.2) is 4.98 Å². The maximum Gasteiger partial charge on any atom is 0.208 e. The van der Waals surface area contributed by atoms with Gasteiger partial charge in [-0.05, 0) is 38.9 Å². The van der Waals surface area contributed by atoms with Crippen LogP contribution in [0.25, 0.3) is 5.65 Å². The molecule has 130 valence electrons. The van der Waals surface area contributed by atoms with E-state index in [9.17, 15) is 0 Å². The van der Waals surface area contributed by atoms with E-state index in [0.29, 0.717) is 12.0 Å². The van der Waals surface area contributed by atoms with Crippen LogP contribution in [0.4, 0.5) is 5.82 Å². The second kappa shape index (κ2) is 5.52. The van der Waals surface area contributed by atoms with E-state index in [1.54, 1.807) is 6.20 Å². The van der Waals surface area contributed by atoms with Crippen LogP contribution in [0.5, 0.6) is 0 Å². The molecule has 0 radical (unpaired) electrons. The van der Waals surface area contributed by atoms with Gasteiger partial charge in [-0.3, -0.25) is 4.90 Å². The van der Waals surface area contributed by atoms with Crippen molar-refractivity contribution >= 4 is 11.5 Å². The van der Waals surface area contributed by atoms with Gasteiger partial charge in [0.2, 0.25) is 5.89 Å². The second-order valence-electron chi connectivity index (χ2n) is 7.13. The summed E-state index contributed by atoms with van der Waals surface area (Å²) >= 11 is 0. The van der Waals surface area contributed by atoms with Gasteiger partial charge in [0, 0.05) is 25.0 Å². The van der Waals surface area contributed by atoms with Crippen LogP contribution in [0.1, 0.15) is 36.2 Å². The van der Waals surface area contributed by atoms with Crippen molar-refractivity contribution in [3.63, 3.8) is 0 Å². The molecule has 1 saturated carbocycles. The molecule has 2 fully saturated rings. The van der Waals surface area contributed by atoms with Gasteiger partial charge in [-0.15, -0.1) is 15.3 Å². The Hall–Kier alpha value is -2.48. The summed E-state index contributed by atoms with van der Waals surface area (Å²) < 4.78 is 7.49. The Labute approximate surface area is 145 Å². The summed E-state index contributed by atoms with van der Waals surface area (Å²) in [5, 5.41) is 13.3. The number of oxazole rings is 1. The van der Waals surface area contributed by atoms with Crippen molar-refractivity contribution in [2.24, 2.45) is 0 Å². The number of aryl methyl sites for hydroxylation is 1. The molecule has 4 heterocycles. The van der Waals surface area contributed by atoms with Gasteiger partial charge in [0.15, 0.2) is 11.5 Å². The molecule has 8 nitrogen and oxygen atoms in total. The van der Waals surface area contributed by atoms with Crippen LogP contribution in [-0.2, 0) is 6.54 Å². The number of nitrogens with zero attached hydrogens (tertiary/aromatic N) is 7. The minimum Gasteiger partial charge on any atom is -0.445 e. The zero-order valence-corrected chi connectivity index (χ0v) is 14.5. The third-order valence-corrected chi connectivity index (χ3v) is 5.08. The van der Waals surface area contributed by atoms with E-state index in [4.69, 9.17) is 9.52 Å². The molecule has 25 heavy (non-hydrogen) atoms. The van der Waals surface area contributed by atoms with Gasteiger partial charge < -0.3 is 9.32 Å². The normalized spacial score (nSPS) is 18.3. The highest BCUT2D eigenvalue weighted by molar-refractivity contribution is 5.48. The molecule has 0 unspecified atom stereocenters. The summed E-state index contributed by atoms with van der Waals surface area (Å²) in [6.45, 7) is 4.56. The highest BCUT2D eigenvalue weighted by atomic mass is 16.4. The monoisotopic (exact) mass is 339 g/mol. The van der Waals surface area contributed by atoms with E-state index in [1.807, 2.05) is 23.6 Å². The molecular formula is C17H21N7O. The molecule has 1 aliphatic carbocycles. The smallest absolute Gasteiger partial charge is 0.208 e. The molecule has 2 aliphatic rings. The van der Waals surface area contributed by atoms with E-state index < -0.39 is 0 Å². The third-order valence-electron chi connectivity index (χ3n) is 5.08. The Morgan fingerprint density at radius 3 is 2.80 bits per heavy atom. The first-order valence-electron chi connectivity index (χ1n) is 8.76. The minimum absolute atomic E-state index is 0.480. The Balaban J connectivity index is 1.26. The summed E-state index contributed by atoms with van der Waals surface area (Å²) in [4.78, 5) is 8.86. The fourth-order valence-corrected chi connectivity index (χ4v) is 3.30. The quantitative estimate of drug-likeness (QED) is 0.699. The van der Waals surface area contributed by atoms with Crippen LogP contribution in [0.15, 0.2) is 22.7 Å². The van der Waals surface area contributed by atoms with Crippen molar-refractivity contribution in [1.82, 2.24) is 29.7 Å². The van der Waals surface area contributed by atoms with Crippen LogP contribution < -0.4 is 4.90 Å². The minimum atomic E-state index is 0.480. The molecule has 1 saturated heterocycles. The fraction of sp³-hybridized carbons (Fsp3) is 0.529. The first kappa shape index (κ1) is 14.8. The number of rotatable bonds is 5. The lowest BCUT2D eigenvalue weighted by Gasteiger charge is -2.44. The molecule has 0 N–H and O–H groups in total. The van der Waals surface area contributed by atoms with E-state index in [1.165, 1.54) is 12.8 Å². The highest BCUT2D eigenvalue weighted by Crippen LogP contribution is 2.38. The standard InChI is InChI=1S/C17H21N7O/c1-11-7-18-16(25-11)10-22(2)13-8-23(9-13)15-6-5-14-19-20-17(12-3-4-12)24(14)21-15/h5-7,12-13H,3-4,8-10H2,1-2H3. The van der Waals surface area contributed by atoms with Gasteiger partial charge >= 0.3 is 0 Å². The number of fused-ring (bicyclic) bond motifs is 1. The van der Waals surface area contributed by atoms with Crippen molar-refractivity contribution in [2.75, 3.05) is 25.0 Å². The predicted octanol–water partition coefficient (Wildman–Crippen LogP) is 1.62. The lowest BCUT2D eigenvalue weighted by molar-refractivity contribution is 0.179. The largest absolute Gasteiger partial charge is 0.445 e. The van der Waals surface area contributed by atoms with Crippen LogP contribution in [0.3, 0.4) is 0 Å². The van der Waals surface area contributed by atoms with Crippen LogP contribution in [-0.4, -0.2) is 55.9 Å². The number of likely N-dealkylation sites (N-methyl/N-ethyl adjacent to an activating group) is 1. The van der Waals surface area contributed by atoms with E-state index in [0.717, 1.165) is 48.6 Å². The van der Waals surface area contributed by atoms with E-state index in [-0.39, 0.29) is 0 Å². The molecule has 5 rings (SSSR count). The Kier molecular flexibility index (Phi) is 3.27. The molecule has 8 heteroatoms. The van der Waals surface area contributed by atoms with Gasteiger partial charge in [0.25, 0.3) is 0 Å². The van der Waals surface area contributed by atoms with Gasteiger partial charge in [-0.1, -0.05) is 0 Å². The van der Waals surface area contributed by atoms with E-state index >= 15 is 0 Å². The Bertz CT molecular complexity index is 907. The number of anilines is 1. The molecule has 0 spiro atoms. The summed E-state index contributed by atoms with van der Waals surface area (Å²) in [5.74, 6) is 4.17. The lowest BCUT2D eigenvalue weighted by atomic mass is 10.1. The van der Waals surface area contributed by atoms with Gasteiger partial charge in [0.05, 0.1) is 12.7 Å². The molecule has 3 aromatic rings. The highest BCUT2D eigenvalue weighted by Gasteiger charge is 2.33. The predicted molar refractivity (Wildman–Crippen MR) is 91.5 cm³/mol. The summed E-state index contributed by atoms with van der Waals surface area (Å²) in [6, 6.07) is 4.52. The van der Waals surface area contributed by atoms with Gasteiger partial charge in [0.1, 0.15) is 11.6 Å². The number of aromatic nitrogens is 5. The molecule has 0 atom stereocenters. The molecular weight excluding hydrogens is 318 g/mol.